The highest BCUT2D eigenvalue weighted by Crippen LogP contribution is 1.93. The summed E-state index contributed by atoms with van der Waals surface area (Å²) in [6.45, 7) is 0. The third-order valence-corrected chi connectivity index (χ3v) is 1.25. The SMILES string of the molecule is F[Si]C#Cc1ccccc1. The summed E-state index contributed by atoms with van der Waals surface area (Å²) in [6, 6.07) is 9.37. The van der Waals surface area contributed by atoms with Crippen molar-refractivity contribution >= 4 is 9.85 Å². The minimum Gasteiger partial charge on any atom is -0.296 e. The lowest BCUT2D eigenvalue weighted by atomic mass is 10.2. The normalized spacial score (nSPS) is 8.10. The predicted molar refractivity (Wildman–Crippen MR) is 40.2 cm³/mol. The van der Waals surface area contributed by atoms with E-state index in [2.05, 4.69) is 11.5 Å². The maximum absolute atomic E-state index is 11.5. The summed E-state index contributed by atoms with van der Waals surface area (Å²) in [7, 11) is -0.778. The molecule has 1 rings (SSSR count). The zero-order chi connectivity index (χ0) is 7.23. The third kappa shape index (κ3) is 2.04. The van der Waals surface area contributed by atoms with E-state index in [4.69, 9.17) is 0 Å². The van der Waals surface area contributed by atoms with Crippen LogP contribution in [0.5, 0.6) is 0 Å². The molecule has 2 radical (unpaired) electrons. The van der Waals surface area contributed by atoms with E-state index in [1.165, 1.54) is 0 Å². The number of halogens is 1. The first kappa shape index (κ1) is 7.04. The minimum atomic E-state index is -0.778. The smallest absolute Gasteiger partial charge is 0.296 e. The lowest BCUT2D eigenvalue weighted by Gasteiger charge is -1.83. The summed E-state index contributed by atoms with van der Waals surface area (Å²) in [4.78, 5) is 0. The molecule has 0 heterocycles. The number of hydrogen-bond acceptors (Lipinski definition) is 0. The lowest BCUT2D eigenvalue weighted by Crippen LogP contribution is -1.73. The van der Waals surface area contributed by atoms with Gasteiger partial charge in [0.15, 0.2) is 0 Å². The molecule has 0 aliphatic carbocycles. The molecule has 0 aromatic heterocycles. The van der Waals surface area contributed by atoms with Crippen LogP contribution in [-0.2, 0) is 0 Å². The Labute approximate surface area is 62.1 Å². The van der Waals surface area contributed by atoms with Gasteiger partial charge in [-0.15, -0.1) is 0 Å². The van der Waals surface area contributed by atoms with E-state index in [9.17, 15) is 4.11 Å². The largest absolute Gasteiger partial charge is 0.394 e. The van der Waals surface area contributed by atoms with Crippen molar-refractivity contribution in [3.63, 3.8) is 0 Å². The number of rotatable bonds is 0. The molecule has 0 aliphatic rings. The van der Waals surface area contributed by atoms with E-state index in [1.807, 2.05) is 30.3 Å². The second-order valence-electron chi connectivity index (χ2n) is 1.71. The van der Waals surface area contributed by atoms with E-state index in [-0.39, 0.29) is 0 Å². The van der Waals surface area contributed by atoms with Crippen molar-refractivity contribution in [3.05, 3.63) is 35.9 Å². The predicted octanol–water partition coefficient (Wildman–Crippen LogP) is 1.58. The van der Waals surface area contributed by atoms with Crippen LogP contribution in [0.1, 0.15) is 5.56 Å². The molecule has 0 spiro atoms. The molecule has 1 aromatic rings. The van der Waals surface area contributed by atoms with Gasteiger partial charge in [-0.3, -0.25) is 4.11 Å². The van der Waals surface area contributed by atoms with E-state index < -0.39 is 9.85 Å². The van der Waals surface area contributed by atoms with Crippen LogP contribution in [0.25, 0.3) is 0 Å². The fourth-order valence-corrected chi connectivity index (χ4v) is 0.809. The van der Waals surface area contributed by atoms with Crippen LogP contribution in [0.3, 0.4) is 0 Å². The average molecular weight is 148 g/mol. The molecule has 10 heavy (non-hydrogen) atoms. The standard InChI is InChI=1S/C8H5FSi/c9-10-7-6-8-4-2-1-3-5-8/h1-5H. The van der Waals surface area contributed by atoms with Crippen LogP contribution in [0.2, 0.25) is 0 Å². The van der Waals surface area contributed by atoms with Crippen molar-refractivity contribution in [2.75, 3.05) is 0 Å². The first-order valence-electron chi connectivity index (χ1n) is 2.85. The van der Waals surface area contributed by atoms with Crippen molar-refractivity contribution in [3.8, 4) is 11.5 Å². The Balaban J connectivity index is 2.76. The fourth-order valence-electron chi connectivity index (χ4n) is 0.617. The van der Waals surface area contributed by atoms with Gasteiger partial charge in [0.05, 0.1) is 0 Å². The van der Waals surface area contributed by atoms with Gasteiger partial charge in [-0.05, 0) is 12.1 Å². The molecule has 0 unspecified atom stereocenters. The van der Waals surface area contributed by atoms with E-state index >= 15 is 0 Å². The molecule has 0 bridgehead atoms. The zero-order valence-electron chi connectivity index (χ0n) is 5.26. The Morgan fingerprint density at radius 3 is 2.50 bits per heavy atom. The maximum Gasteiger partial charge on any atom is 0.394 e. The van der Waals surface area contributed by atoms with Gasteiger partial charge in [0.1, 0.15) is 0 Å². The van der Waals surface area contributed by atoms with E-state index in [1.54, 1.807) is 0 Å². The van der Waals surface area contributed by atoms with Crippen LogP contribution in [0.4, 0.5) is 4.11 Å². The molecule has 0 nitrogen and oxygen atoms in total. The van der Waals surface area contributed by atoms with Gasteiger partial charge < -0.3 is 0 Å². The molecule has 1 aromatic carbocycles. The molecule has 0 saturated carbocycles. The van der Waals surface area contributed by atoms with E-state index in [0.717, 1.165) is 5.56 Å². The Bertz CT molecular complexity index is 245. The van der Waals surface area contributed by atoms with Gasteiger partial charge >= 0.3 is 9.85 Å². The average Bonchev–Trinajstić information content (AvgIpc) is 2.03. The number of hydrogen-bond donors (Lipinski definition) is 0. The second-order valence-corrected chi connectivity index (χ2v) is 2.15. The monoisotopic (exact) mass is 148 g/mol. The van der Waals surface area contributed by atoms with Crippen molar-refractivity contribution in [2.24, 2.45) is 0 Å². The third-order valence-electron chi connectivity index (χ3n) is 1.03. The lowest BCUT2D eigenvalue weighted by molar-refractivity contribution is 0.887. The van der Waals surface area contributed by atoms with E-state index in [0.29, 0.717) is 0 Å². The van der Waals surface area contributed by atoms with Crippen molar-refractivity contribution < 1.29 is 4.11 Å². The molecule has 0 saturated heterocycles. The van der Waals surface area contributed by atoms with Gasteiger partial charge in [0.2, 0.25) is 0 Å². The van der Waals surface area contributed by atoms with Crippen LogP contribution < -0.4 is 0 Å². The Morgan fingerprint density at radius 2 is 1.90 bits per heavy atom. The van der Waals surface area contributed by atoms with Gasteiger partial charge in [0, 0.05) is 5.56 Å². The quantitative estimate of drug-likeness (QED) is 0.298. The molecular formula is C8H5FSi. The van der Waals surface area contributed by atoms with Crippen molar-refractivity contribution in [1.82, 2.24) is 0 Å². The molecule has 0 aliphatic heterocycles. The van der Waals surface area contributed by atoms with Crippen LogP contribution in [0, 0.1) is 11.5 Å². The highest BCUT2D eigenvalue weighted by molar-refractivity contribution is 6.37. The summed E-state index contributed by atoms with van der Waals surface area (Å²) in [5, 5.41) is 0. The fraction of sp³-hybridized carbons (Fsp3) is 0. The Hall–Kier alpha value is -1.07. The maximum atomic E-state index is 11.5. The van der Waals surface area contributed by atoms with Crippen LogP contribution in [0.15, 0.2) is 30.3 Å². The zero-order valence-corrected chi connectivity index (χ0v) is 6.26. The van der Waals surface area contributed by atoms with Gasteiger partial charge in [-0.25, -0.2) is 0 Å². The van der Waals surface area contributed by atoms with Crippen LogP contribution >= 0.6 is 0 Å². The molecule has 0 fully saturated rings. The van der Waals surface area contributed by atoms with Gasteiger partial charge in [-0.1, -0.05) is 29.7 Å². The molecule has 0 N–H and O–H groups in total. The summed E-state index contributed by atoms with van der Waals surface area (Å²) in [6.07, 6.45) is 0. The second kappa shape index (κ2) is 3.86. The highest BCUT2D eigenvalue weighted by atomic mass is 28.3. The van der Waals surface area contributed by atoms with Crippen LogP contribution in [-0.4, -0.2) is 9.85 Å². The number of benzene rings is 1. The first-order valence-corrected chi connectivity index (χ1v) is 3.73. The Kier molecular flexibility index (Phi) is 2.72. The summed E-state index contributed by atoms with van der Waals surface area (Å²) < 4.78 is 11.5. The topological polar surface area (TPSA) is 0 Å². The minimum absolute atomic E-state index is 0.778. The summed E-state index contributed by atoms with van der Waals surface area (Å²) in [5.74, 6) is 2.68. The summed E-state index contributed by atoms with van der Waals surface area (Å²) >= 11 is 0. The molecule has 0 amide bonds. The van der Waals surface area contributed by atoms with Crippen molar-refractivity contribution in [1.29, 1.82) is 0 Å². The van der Waals surface area contributed by atoms with Crippen molar-refractivity contribution in [2.45, 2.75) is 0 Å². The first-order chi connectivity index (χ1) is 4.93. The highest BCUT2D eigenvalue weighted by Gasteiger charge is 1.80. The molecule has 2 heteroatoms. The van der Waals surface area contributed by atoms with Gasteiger partial charge in [-0.2, -0.15) is 0 Å². The molecule has 48 valence electrons. The summed E-state index contributed by atoms with van der Waals surface area (Å²) in [5.41, 5.74) is 3.24. The Morgan fingerprint density at radius 1 is 1.20 bits per heavy atom. The molecule has 0 atom stereocenters. The van der Waals surface area contributed by atoms with Gasteiger partial charge in [0.25, 0.3) is 0 Å². The molecular weight excluding hydrogens is 143 g/mol.